The molecule has 1 aromatic carbocycles. The number of ether oxygens (including phenoxy) is 1. The fourth-order valence-corrected chi connectivity index (χ4v) is 2.80. The lowest BCUT2D eigenvalue weighted by molar-refractivity contribution is -0.144. The van der Waals surface area contributed by atoms with Crippen LogP contribution in [0.2, 0.25) is 0 Å². The molecular weight excluding hydrogens is 272 g/mol. The molecule has 5 heteroatoms. The quantitative estimate of drug-likeness (QED) is 0.681. The van der Waals surface area contributed by atoms with E-state index in [1.807, 2.05) is 32.0 Å². The zero-order valence-electron chi connectivity index (χ0n) is 11.9. The number of anilines is 1. The smallest absolute Gasteiger partial charge is 0.328 e. The molecule has 1 aliphatic heterocycles. The molecule has 2 N–H and O–H groups in total. The van der Waals surface area contributed by atoms with Crippen molar-refractivity contribution in [3.8, 4) is 0 Å². The molecule has 4 nitrogen and oxygen atoms in total. The molecule has 1 unspecified atom stereocenters. The topological polar surface area (TPSA) is 55.6 Å². The van der Waals surface area contributed by atoms with Gasteiger partial charge in [0.15, 0.2) is 0 Å². The molecule has 0 saturated carbocycles. The minimum Gasteiger partial charge on any atom is -0.464 e. The first-order valence-corrected chi connectivity index (χ1v) is 7.29. The summed E-state index contributed by atoms with van der Waals surface area (Å²) in [4.78, 5) is 14.5. The number of hydrogen-bond acceptors (Lipinski definition) is 4. The van der Waals surface area contributed by atoms with E-state index in [0.29, 0.717) is 11.6 Å². The van der Waals surface area contributed by atoms with Crippen molar-refractivity contribution in [1.29, 1.82) is 0 Å². The summed E-state index contributed by atoms with van der Waals surface area (Å²) < 4.78 is 5.16. The van der Waals surface area contributed by atoms with Crippen molar-refractivity contribution < 1.29 is 9.53 Å². The normalized spacial score (nSPS) is 18.1. The van der Waals surface area contributed by atoms with Crippen LogP contribution in [0.4, 0.5) is 5.69 Å². The van der Waals surface area contributed by atoms with Gasteiger partial charge in [-0.1, -0.05) is 23.8 Å². The van der Waals surface area contributed by atoms with E-state index in [-0.39, 0.29) is 12.0 Å². The van der Waals surface area contributed by atoms with E-state index in [2.05, 4.69) is 4.90 Å². The number of carbonyl (C=O) groups excluding carboxylic acids is 1. The fraction of sp³-hybridized carbons (Fsp3) is 0.467. The van der Waals surface area contributed by atoms with E-state index in [9.17, 15) is 4.79 Å². The molecule has 0 aromatic heterocycles. The van der Waals surface area contributed by atoms with Crippen LogP contribution in [0.15, 0.2) is 18.2 Å². The summed E-state index contributed by atoms with van der Waals surface area (Å²) in [5, 5.41) is 0. The van der Waals surface area contributed by atoms with Gasteiger partial charge in [0, 0.05) is 17.8 Å². The van der Waals surface area contributed by atoms with Gasteiger partial charge in [-0.25, -0.2) is 4.79 Å². The molecule has 1 aromatic rings. The number of nitrogens with zero attached hydrogens (tertiary/aromatic N) is 1. The molecule has 1 atom stereocenters. The Balaban J connectivity index is 2.35. The lowest BCUT2D eigenvalue weighted by atomic mass is 10.1. The number of aryl methyl sites for hydroxylation is 1. The Labute approximate surface area is 124 Å². The van der Waals surface area contributed by atoms with Crippen LogP contribution in [0.3, 0.4) is 0 Å². The van der Waals surface area contributed by atoms with Crippen molar-refractivity contribution in [2.24, 2.45) is 5.73 Å². The van der Waals surface area contributed by atoms with Gasteiger partial charge in [0.05, 0.1) is 6.61 Å². The molecule has 20 heavy (non-hydrogen) atoms. The van der Waals surface area contributed by atoms with Crippen LogP contribution in [-0.2, 0) is 9.53 Å². The van der Waals surface area contributed by atoms with Crippen molar-refractivity contribution in [1.82, 2.24) is 0 Å². The average Bonchev–Trinajstić information content (AvgIpc) is 2.88. The summed E-state index contributed by atoms with van der Waals surface area (Å²) in [6.45, 7) is 5.04. The summed E-state index contributed by atoms with van der Waals surface area (Å²) in [6.07, 6.45) is 1.78. The Bertz CT molecular complexity index is 531. The number of rotatable bonds is 4. The first kappa shape index (κ1) is 14.8. The monoisotopic (exact) mass is 292 g/mol. The number of esters is 1. The van der Waals surface area contributed by atoms with Gasteiger partial charge in [-0.15, -0.1) is 0 Å². The van der Waals surface area contributed by atoms with Gasteiger partial charge >= 0.3 is 5.97 Å². The molecule has 108 valence electrons. The molecule has 2 rings (SSSR count). The van der Waals surface area contributed by atoms with Crippen molar-refractivity contribution in [2.45, 2.75) is 32.7 Å². The van der Waals surface area contributed by atoms with E-state index in [1.165, 1.54) is 0 Å². The third kappa shape index (κ3) is 2.93. The van der Waals surface area contributed by atoms with Gasteiger partial charge in [-0.05, 0) is 38.8 Å². The summed E-state index contributed by atoms with van der Waals surface area (Å²) >= 11 is 5.14. The largest absolute Gasteiger partial charge is 0.464 e. The van der Waals surface area contributed by atoms with Crippen molar-refractivity contribution in [3.63, 3.8) is 0 Å². The highest BCUT2D eigenvalue weighted by atomic mass is 32.1. The molecule has 0 spiro atoms. The molecule has 1 heterocycles. The lowest BCUT2D eigenvalue weighted by Crippen LogP contribution is -2.38. The third-order valence-corrected chi connectivity index (χ3v) is 3.76. The van der Waals surface area contributed by atoms with Gasteiger partial charge in [0.2, 0.25) is 0 Å². The fourth-order valence-electron chi connectivity index (χ4n) is 2.64. The minimum absolute atomic E-state index is 0.167. The van der Waals surface area contributed by atoms with E-state index < -0.39 is 0 Å². The van der Waals surface area contributed by atoms with Crippen LogP contribution >= 0.6 is 12.2 Å². The van der Waals surface area contributed by atoms with Crippen LogP contribution in [0.5, 0.6) is 0 Å². The summed E-state index contributed by atoms with van der Waals surface area (Å²) in [5.74, 6) is -0.167. The Morgan fingerprint density at radius 2 is 2.30 bits per heavy atom. The summed E-state index contributed by atoms with van der Waals surface area (Å²) in [5.41, 5.74) is 8.68. The van der Waals surface area contributed by atoms with E-state index in [0.717, 1.165) is 36.2 Å². The Kier molecular flexibility index (Phi) is 4.60. The van der Waals surface area contributed by atoms with E-state index in [1.54, 1.807) is 0 Å². The number of carbonyl (C=O) groups is 1. The van der Waals surface area contributed by atoms with Crippen molar-refractivity contribution in [3.05, 3.63) is 29.3 Å². The highest BCUT2D eigenvalue weighted by Gasteiger charge is 2.33. The molecule has 1 fully saturated rings. The molecule has 0 aliphatic carbocycles. The minimum atomic E-state index is -0.231. The maximum Gasteiger partial charge on any atom is 0.328 e. The highest BCUT2D eigenvalue weighted by molar-refractivity contribution is 7.80. The number of thiocarbonyl (C=S) groups is 1. The van der Waals surface area contributed by atoms with Crippen LogP contribution in [0.25, 0.3) is 0 Å². The molecule has 0 amide bonds. The second-order valence-electron chi connectivity index (χ2n) is 4.99. The molecular formula is C15H20N2O2S. The highest BCUT2D eigenvalue weighted by Crippen LogP contribution is 2.30. The second kappa shape index (κ2) is 6.22. The molecule has 0 radical (unpaired) electrons. The average molecular weight is 292 g/mol. The van der Waals surface area contributed by atoms with Gasteiger partial charge in [-0.2, -0.15) is 0 Å². The Hall–Kier alpha value is -1.62. The van der Waals surface area contributed by atoms with Crippen LogP contribution < -0.4 is 10.6 Å². The second-order valence-corrected chi connectivity index (χ2v) is 5.43. The maximum absolute atomic E-state index is 12.0. The summed E-state index contributed by atoms with van der Waals surface area (Å²) in [6, 6.07) is 5.74. The van der Waals surface area contributed by atoms with Gasteiger partial charge in [0.1, 0.15) is 11.0 Å². The number of benzene rings is 1. The maximum atomic E-state index is 12.0. The Morgan fingerprint density at radius 3 is 2.95 bits per heavy atom. The standard InChI is InChI=1S/C15H20N2O2S/c1-3-19-15(18)13-5-4-8-17(13)12-7-6-10(2)9-11(12)14(16)20/h6-7,9,13H,3-5,8H2,1-2H3,(H2,16,20). The van der Waals surface area contributed by atoms with Gasteiger partial charge in [0.25, 0.3) is 0 Å². The van der Waals surface area contributed by atoms with E-state index in [4.69, 9.17) is 22.7 Å². The third-order valence-electron chi connectivity index (χ3n) is 3.54. The SMILES string of the molecule is CCOC(=O)C1CCCN1c1ccc(C)cc1C(N)=S. The summed E-state index contributed by atoms with van der Waals surface area (Å²) in [7, 11) is 0. The Morgan fingerprint density at radius 1 is 1.55 bits per heavy atom. The van der Waals surface area contributed by atoms with Gasteiger partial charge in [-0.3, -0.25) is 0 Å². The van der Waals surface area contributed by atoms with Crippen molar-refractivity contribution >= 4 is 28.9 Å². The lowest BCUT2D eigenvalue weighted by Gasteiger charge is -2.27. The number of hydrogen-bond donors (Lipinski definition) is 1. The first-order valence-electron chi connectivity index (χ1n) is 6.88. The predicted octanol–water partition coefficient (Wildman–Crippen LogP) is 2.16. The van der Waals surface area contributed by atoms with Crippen LogP contribution in [0.1, 0.15) is 30.9 Å². The van der Waals surface area contributed by atoms with E-state index >= 15 is 0 Å². The number of nitrogens with two attached hydrogens (primary N) is 1. The first-order chi connectivity index (χ1) is 9.54. The molecule has 1 aliphatic rings. The predicted molar refractivity (Wildman–Crippen MR) is 84.1 cm³/mol. The zero-order valence-corrected chi connectivity index (χ0v) is 12.7. The molecule has 0 bridgehead atoms. The zero-order chi connectivity index (χ0) is 14.7. The van der Waals surface area contributed by atoms with Crippen LogP contribution in [-0.4, -0.2) is 30.2 Å². The van der Waals surface area contributed by atoms with Crippen molar-refractivity contribution in [2.75, 3.05) is 18.1 Å². The van der Waals surface area contributed by atoms with Crippen LogP contribution in [0, 0.1) is 6.92 Å². The van der Waals surface area contributed by atoms with Gasteiger partial charge < -0.3 is 15.4 Å². The molecule has 1 saturated heterocycles.